The lowest BCUT2D eigenvalue weighted by Crippen LogP contribution is -2.22. The molecular formula is C13H12BrN2O2+. The Morgan fingerprint density at radius 3 is 2.61 bits per heavy atom. The minimum absolute atomic E-state index is 0.327. The molecule has 0 aromatic heterocycles. The number of hydrogen-bond donors (Lipinski definition) is 1. The number of rotatable bonds is 5. The van der Waals surface area contributed by atoms with Crippen LogP contribution >= 0.6 is 15.9 Å². The minimum atomic E-state index is 0.327. The van der Waals surface area contributed by atoms with Crippen molar-refractivity contribution in [3.8, 4) is 0 Å². The van der Waals surface area contributed by atoms with Crippen LogP contribution in [-0.4, -0.2) is 4.87 Å². The molecule has 5 heteroatoms. The Kier molecular flexibility index (Phi) is 4.44. The SMILES string of the molecule is O=[N+](NOCc1ccccc1)c1cccc(Br)c1. The van der Waals surface area contributed by atoms with E-state index >= 15 is 0 Å². The monoisotopic (exact) mass is 307 g/mol. The van der Waals surface area contributed by atoms with E-state index in [2.05, 4.69) is 21.5 Å². The summed E-state index contributed by atoms with van der Waals surface area (Å²) in [6.07, 6.45) is 0. The second-order valence-electron chi connectivity index (χ2n) is 3.64. The first-order chi connectivity index (χ1) is 8.75. The van der Waals surface area contributed by atoms with Gasteiger partial charge in [-0.15, -0.1) is 0 Å². The molecule has 0 bridgehead atoms. The third-order valence-electron chi connectivity index (χ3n) is 2.27. The van der Waals surface area contributed by atoms with Gasteiger partial charge >= 0.3 is 0 Å². The second kappa shape index (κ2) is 6.28. The Morgan fingerprint density at radius 1 is 1.11 bits per heavy atom. The van der Waals surface area contributed by atoms with Gasteiger partial charge in [0.2, 0.25) is 0 Å². The molecule has 0 unspecified atom stereocenters. The molecule has 0 amide bonds. The molecule has 0 heterocycles. The number of hydrazine groups is 1. The van der Waals surface area contributed by atoms with Gasteiger partial charge < -0.3 is 0 Å². The van der Waals surface area contributed by atoms with Crippen molar-refractivity contribution in [3.05, 3.63) is 69.5 Å². The zero-order valence-electron chi connectivity index (χ0n) is 9.54. The summed E-state index contributed by atoms with van der Waals surface area (Å²) in [6.45, 7) is 0.327. The summed E-state index contributed by atoms with van der Waals surface area (Å²) in [5.41, 5.74) is 3.79. The van der Waals surface area contributed by atoms with Gasteiger partial charge in [0.15, 0.2) is 4.87 Å². The topological polar surface area (TPSA) is 41.3 Å². The molecule has 0 radical (unpaired) electrons. The van der Waals surface area contributed by atoms with Crippen LogP contribution in [0.15, 0.2) is 59.1 Å². The molecule has 0 aliphatic heterocycles. The largest absolute Gasteiger partial charge is 0.295 e. The molecule has 0 fully saturated rings. The summed E-state index contributed by atoms with van der Waals surface area (Å²) in [5, 5.41) is 0. The van der Waals surface area contributed by atoms with E-state index in [1.165, 1.54) is 0 Å². The Labute approximate surface area is 113 Å². The lowest BCUT2D eigenvalue weighted by atomic mass is 10.2. The average molecular weight is 308 g/mol. The number of benzene rings is 2. The molecule has 2 aromatic carbocycles. The standard InChI is InChI=1S/C13H12BrN2O2/c14-12-7-4-8-13(9-12)16(17)15-18-10-11-5-2-1-3-6-11/h1-9H,10H2,(H,15,17)/q+1. The summed E-state index contributed by atoms with van der Waals surface area (Å²) in [4.78, 5) is 17.3. The highest BCUT2D eigenvalue weighted by atomic mass is 79.9. The van der Waals surface area contributed by atoms with E-state index in [1.807, 2.05) is 36.4 Å². The van der Waals surface area contributed by atoms with Crippen LogP contribution in [0.4, 0.5) is 5.69 Å². The fraction of sp³-hybridized carbons (Fsp3) is 0.0769. The van der Waals surface area contributed by atoms with Gasteiger partial charge in [0.1, 0.15) is 6.61 Å². The van der Waals surface area contributed by atoms with Crippen LogP contribution in [0.1, 0.15) is 5.56 Å². The Morgan fingerprint density at radius 2 is 1.89 bits per heavy atom. The summed E-state index contributed by atoms with van der Waals surface area (Å²) in [7, 11) is 0. The first-order valence-corrected chi connectivity index (χ1v) is 6.19. The molecule has 2 aromatic rings. The van der Waals surface area contributed by atoms with E-state index < -0.39 is 0 Å². The van der Waals surface area contributed by atoms with E-state index in [0.717, 1.165) is 10.0 Å². The maximum absolute atomic E-state index is 11.6. The quantitative estimate of drug-likeness (QED) is 0.679. The predicted octanol–water partition coefficient (Wildman–Crippen LogP) is 3.50. The van der Waals surface area contributed by atoms with Crippen LogP contribution in [0.2, 0.25) is 0 Å². The van der Waals surface area contributed by atoms with E-state index in [1.54, 1.807) is 18.2 Å². The average Bonchev–Trinajstić information content (AvgIpc) is 2.40. The van der Waals surface area contributed by atoms with Gasteiger partial charge in [-0.3, -0.25) is 0 Å². The van der Waals surface area contributed by atoms with Crippen molar-refractivity contribution in [2.75, 3.05) is 0 Å². The van der Waals surface area contributed by atoms with Crippen molar-refractivity contribution in [1.29, 1.82) is 0 Å². The number of nitrogens with zero attached hydrogens (tertiary/aromatic N) is 1. The molecule has 2 rings (SSSR count). The maximum Gasteiger partial charge on any atom is 0.295 e. The predicted molar refractivity (Wildman–Crippen MR) is 71.8 cm³/mol. The van der Waals surface area contributed by atoms with Crippen LogP contribution < -0.4 is 5.59 Å². The maximum atomic E-state index is 11.6. The molecule has 0 aliphatic rings. The zero-order valence-corrected chi connectivity index (χ0v) is 11.1. The normalized spacial score (nSPS) is 10.1. The lowest BCUT2D eigenvalue weighted by Gasteiger charge is -1.99. The Hall–Kier alpha value is -1.72. The van der Waals surface area contributed by atoms with E-state index in [4.69, 9.17) is 4.84 Å². The number of hydrogen-bond acceptors (Lipinski definition) is 2. The van der Waals surface area contributed by atoms with Crippen molar-refractivity contribution in [2.24, 2.45) is 0 Å². The zero-order chi connectivity index (χ0) is 12.8. The Balaban J connectivity index is 1.86. The molecule has 0 spiro atoms. The van der Waals surface area contributed by atoms with Crippen molar-refractivity contribution in [1.82, 2.24) is 5.59 Å². The molecule has 0 saturated carbocycles. The first-order valence-electron chi connectivity index (χ1n) is 5.40. The molecule has 0 aliphatic carbocycles. The highest BCUT2D eigenvalue weighted by Gasteiger charge is 2.13. The van der Waals surface area contributed by atoms with Crippen LogP contribution in [0.5, 0.6) is 0 Å². The summed E-state index contributed by atoms with van der Waals surface area (Å²) in [5.74, 6) is 0. The first kappa shape index (κ1) is 12.7. The van der Waals surface area contributed by atoms with Crippen molar-refractivity contribution in [2.45, 2.75) is 6.61 Å². The molecule has 0 saturated heterocycles. The minimum Gasteiger partial charge on any atom is -0.220 e. The Bertz CT molecular complexity index is 532. The van der Waals surface area contributed by atoms with Crippen LogP contribution in [0, 0.1) is 4.91 Å². The summed E-state index contributed by atoms with van der Waals surface area (Å²) >= 11 is 3.30. The van der Waals surface area contributed by atoms with E-state index in [-0.39, 0.29) is 0 Å². The van der Waals surface area contributed by atoms with Gasteiger partial charge in [-0.2, -0.15) is 0 Å². The van der Waals surface area contributed by atoms with Crippen LogP contribution in [0.3, 0.4) is 0 Å². The van der Waals surface area contributed by atoms with Crippen molar-refractivity contribution >= 4 is 21.6 Å². The molecule has 92 valence electrons. The summed E-state index contributed by atoms with van der Waals surface area (Å²) < 4.78 is 0.839. The van der Waals surface area contributed by atoms with Gasteiger partial charge in [0, 0.05) is 16.6 Å². The van der Waals surface area contributed by atoms with Gasteiger partial charge in [0.25, 0.3) is 5.69 Å². The molecule has 18 heavy (non-hydrogen) atoms. The number of halogens is 1. The van der Waals surface area contributed by atoms with Gasteiger partial charge in [-0.05, 0) is 17.2 Å². The van der Waals surface area contributed by atoms with Gasteiger partial charge in [0.05, 0.1) is 4.91 Å². The number of nitroso groups, excluding NO2 is 1. The molecular weight excluding hydrogens is 296 g/mol. The smallest absolute Gasteiger partial charge is 0.220 e. The van der Waals surface area contributed by atoms with Crippen molar-refractivity contribution in [3.63, 3.8) is 0 Å². The second-order valence-corrected chi connectivity index (χ2v) is 4.56. The fourth-order valence-corrected chi connectivity index (χ4v) is 1.79. The highest BCUT2D eigenvalue weighted by molar-refractivity contribution is 9.10. The van der Waals surface area contributed by atoms with Crippen LogP contribution in [0.25, 0.3) is 0 Å². The lowest BCUT2D eigenvalue weighted by molar-refractivity contribution is -0.594. The third-order valence-corrected chi connectivity index (χ3v) is 2.77. The van der Waals surface area contributed by atoms with E-state index in [9.17, 15) is 4.91 Å². The van der Waals surface area contributed by atoms with Crippen LogP contribution in [-0.2, 0) is 11.4 Å². The van der Waals surface area contributed by atoms with E-state index in [0.29, 0.717) is 17.2 Å². The van der Waals surface area contributed by atoms with Gasteiger partial charge in [-0.1, -0.05) is 52.3 Å². The third kappa shape index (κ3) is 3.65. The van der Waals surface area contributed by atoms with Crippen molar-refractivity contribution < 1.29 is 9.71 Å². The molecule has 4 nitrogen and oxygen atoms in total. The summed E-state index contributed by atoms with van der Waals surface area (Å²) in [6, 6.07) is 16.6. The fourth-order valence-electron chi connectivity index (χ4n) is 1.40. The molecule has 0 atom stereocenters. The molecule has 1 N–H and O–H groups in total. The van der Waals surface area contributed by atoms with Gasteiger partial charge in [-0.25, -0.2) is 4.84 Å². The highest BCUT2D eigenvalue weighted by Crippen LogP contribution is 2.16. The number of nitrogens with one attached hydrogen (secondary N) is 1.